The molecule has 0 bridgehead atoms. The lowest BCUT2D eigenvalue weighted by molar-refractivity contribution is 0.242. The van der Waals surface area contributed by atoms with Gasteiger partial charge in [-0.25, -0.2) is 8.42 Å². The van der Waals surface area contributed by atoms with Crippen LogP contribution in [0, 0.1) is 0 Å². The second-order valence-corrected chi connectivity index (χ2v) is 7.68. The number of rotatable bonds is 8. The van der Waals surface area contributed by atoms with Crippen molar-refractivity contribution < 1.29 is 13.2 Å². The molecule has 1 aromatic carbocycles. The number of nitrogens with zero attached hydrogens (tertiary/aromatic N) is 2. The van der Waals surface area contributed by atoms with E-state index >= 15 is 0 Å². The number of pyridine rings is 1. The van der Waals surface area contributed by atoms with Gasteiger partial charge in [0.2, 0.25) is 10.0 Å². The molecule has 0 spiro atoms. The van der Waals surface area contributed by atoms with Crippen molar-refractivity contribution in [1.82, 2.24) is 9.29 Å². The third-order valence-corrected chi connectivity index (χ3v) is 5.57. The van der Waals surface area contributed by atoms with Crippen LogP contribution in [-0.4, -0.2) is 36.9 Å². The van der Waals surface area contributed by atoms with Gasteiger partial charge in [-0.3, -0.25) is 4.98 Å². The van der Waals surface area contributed by atoms with E-state index in [9.17, 15) is 8.42 Å². The fourth-order valence-corrected chi connectivity index (χ4v) is 3.81. The minimum Gasteiger partial charge on any atom is -0.491 e. The van der Waals surface area contributed by atoms with Gasteiger partial charge in [-0.2, -0.15) is 4.31 Å². The first-order valence-electron chi connectivity index (χ1n) is 8.09. The number of hydrogen-bond donors (Lipinski definition) is 0. The van der Waals surface area contributed by atoms with Crippen molar-refractivity contribution in [1.29, 1.82) is 0 Å². The van der Waals surface area contributed by atoms with E-state index in [4.69, 9.17) is 4.74 Å². The van der Waals surface area contributed by atoms with Crippen LogP contribution in [0.2, 0.25) is 0 Å². The molecule has 0 saturated carbocycles. The molecule has 1 heterocycles. The number of sulfonamides is 1. The normalized spacial score (nSPS) is 11.9. The monoisotopic (exact) mass is 348 g/mol. The summed E-state index contributed by atoms with van der Waals surface area (Å²) < 4.78 is 32.6. The first-order valence-corrected chi connectivity index (χ1v) is 9.53. The van der Waals surface area contributed by atoms with Crippen LogP contribution < -0.4 is 4.74 Å². The average molecular weight is 348 g/mol. The third-order valence-electron chi connectivity index (χ3n) is 3.59. The maximum atomic E-state index is 12.8. The molecule has 0 fully saturated rings. The van der Waals surface area contributed by atoms with E-state index in [1.165, 1.54) is 4.31 Å². The Kier molecular flexibility index (Phi) is 6.34. The lowest BCUT2D eigenvalue weighted by Crippen LogP contribution is -2.32. The molecule has 0 amide bonds. The van der Waals surface area contributed by atoms with Crippen molar-refractivity contribution in [2.75, 3.05) is 13.1 Å². The van der Waals surface area contributed by atoms with E-state index in [1.54, 1.807) is 36.7 Å². The van der Waals surface area contributed by atoms with Crippen LogP contribution in [0.5, 0.6) is 5.75 Å². The lowest BCUT2D eigenvalue weighted by atomic mass is 10.2. The number of hydrogen-bond acceptors (Lipinski definition) is 4. The summed E-state index contributed by atoms with van der Waals surface area (Å²) in [5, 5.41) is 0. The minimum absolute atomic E-state index is 0.0555. The lowest BCUT2D eigenvalue weighted by Gasteiger charge is -2.21. The Balaban J connectivity index is 2.11. The molecule has 0 aliphatic carbocycles. The molecule has 0 unspecified atom stereocenters. The predicted octanol–water partition coefficient (Wildman–Crippen LogP) is 3.12. The van der Waals surface area contributed by atoms with Gasteiger partial charge in [0, 0.05) is 25.5 Å². The number of ether oxygens (including phenoxy) is 1. The molecule has 1 aromatic heterocycles. The van der Waals surface area contributed by atoms with Gasteiger partial charge < -0.3 is 4.74 Å². The second kappa shape index (κ2) is 8.26. The van der Waals surface area contributed by atoms with Gasteiger partial charge in [-0.05, 0) is 62.2 Å². The first kappa shape index (κ1) is 18.4. The molecular formula is C18H24N2O3S. The molecule has 0 aliphatic heterocycles. The van der Waals surface area contributed by atoms with Crippen LogP contribution in [-0.2, 0) is 16.4 Å². The fraction of sp³-hybridized carbons (Fsp3) is 0.389. The number of likely N-dealkylation sites (N-methyl/N-ethyl adjacent to an activating group) is 1. The third kappa shape index (κ3) is 4.79. The summed E-state index contributed by atoms with van der Waals surface area (Å²) >= 11 is 0. The summed E-state index contributed by atoms with van der Waals surface area (Å²) in [6.07, 6.45) is 4.14. The van der Waals surface area contributed by atoms with E-state index in [0.717, 1.165) is 5.56 Å². The minimum atomic E-state index is -3.50. The summed E-state index contributed by atoms with van der Waals surface area (Å²) in [4.78, 5) is 4.26. The highest BCUT2D eigenvalue weighted by Crippen LogP contribution is 2.20. The molecule has 0 saturated heterocycles. The Morgan fingerprint density at radius 2 is 1.71 bits per heavy atom. The Bertz CT molecular complexity index is 729. The molecule has 2 aromatic rings. The van der Waals surface area contributed by atoms with E-state index in [1.807, 2.05) is 32.9 Å². The smallest absolute Gasteiger partial charge is 0.243 e. The van der Waals surface area contributed by atoms with E-state index in [-0.39, 0.29) is 11.0 Å². The summed E-state index contributed by atoms with van der Waals surface area (Å²) in [7, 11) is -3.50. The molecule has 0 N–H and O–H groups in total. The van der Waals surface area contributed by atoms with Gasteiger partial charge in [-0.1, -0.05) is 6.92 Å². The zero-order chi connectivity index (χ0) is 17.6. The van der Waals surface area contributed by atoms with Crippen molar-refractivity contribution in [3.05, 3.63) is 54.4 Å². The standard InChI is InChI=1S/C18H24N2O3S/c1-4-20(14-11-16-9-12-19-13-10-16)24(21,22)18-7-5-17(6-8-18)23-15(2)3/h5-10,12-13,15H,4,11,14H2,1-3H3. The molecule has 24 heavy (non-hydrogen) atoms. The molecular weight excluding hydrogens is 324 g/mol. The molecule has 2 rings (SSSR count). The Morgan fingerprint density at radius 1 is 1.08 bits per heavy atom. The van der Waals surface area contributed by atoms with E-state index < -0.39 is 10.0 Å². The van der Waals surface area contributed by atoms with Crippen LogP contribution in [0.4, 0.5) is 0 Å². The highest BCUT2D eigenvalue weighted by atomic mass is 32.2. The molecule has 5 nitrogen and oxygen atoms in total. The van der Waals surface area contributed by atoms with Gasteiger partial charge in [0.25, 0.3) is 0 Å². The predicted molar refractivity (Wildman–Crippen MR) is 94.6 cm³/mol. The molecule has 130 valence electrons. The van der Waals surface area contributed by atoms with Crippen LogP contribution >= 0.6 is 0 Å². The Morgan fingerprint density at radius 3 is 2.25 bits per heavy atom. The summed E-state index contributed by atoms with van der Waals surface area (Å²) in [6.45, 7) is 6.58. The van der Waals surface area contributed by atoms with Crippen molar-refractivity contribution >= 4 is 10.0 Å². The number of aromatic nitrogens is 1. The van der Waals surface area contributed by atoms with Gasteiger partial charge in [-0.15, -0.1) is 0 Å². The van der Waals surface area contributed by atoms with Crippen molar-refractivity contribution in [2.24, 2.45) is 0 Å². The van der Waals surface area contributed by atoms with Crippen LogP contribution in [0.15, 0.2) is 53.7 Å². The van der Waals surface area contributed by atoms with Gasteiger partial charge >= 0.3 is 0 Å². The quantitative estimate of drug-likeness (QED) is 0.735. The average Bonchev–Trinajstić information content (AvgIpc) is 2.56. The van der Waals surface area contributed by atoms with Crippen molar-refractivity contribution in [2.45, 2.75) is 38.2 Å². The maximum absolute atomic E-state index is 12.8. The largest absolute Gasteiger partial charge is 0.491 e. The van der Waals surface area contributed by atoms with Crippen LogP contribution in [0.25, 0.3) is 0 Å². The van der Waals surface area contributed by atoms with Crippen LogP contribution in [0.3, 0.4) is 0 Å². The Hall–Kier alpha value is -1.92. The van der Waals surface area contributed by atoms with Crippen molar-refractivity contribution in [3.63, 3.8) is 0 Å². The van der Waals surface area contributed by atoms with E-state index in [2.05, 4.69) is 4.98 Å². The van der Waals surface area contributed by atoms with E-state index in [0.29, 0.717) is 25.3 Å². The fourth-order valence-electron chi connectivity index (χ4n) is 2.36. The zero-order valence-corrected chi connectivity index (χ0v) is 15.2. The van der Waals surface area contributed by atoms with Gasteiger partial charge in [0.1, 0.15) is 5.75 Å². The molecule has 0 atom stereocenters. The number of benzene rings is 1. The Labute approximate surface area is 144 Å². The highest BCUT2D eigenvalue weighted by Gasteiger charge is 2.22. The molecule has 0 radical (unpaired) electrons. The SMILES string of the molecule is CCN(CCc1ccncc1)S(=O)(=O)c1ccc(OC(C)C)cc1. The maximum Gasteiger partial charge on any atom is 0.243 e. The first-order chi connectivity index (χ1) is 11.4. The topological polar surface area (TPSA) is 59.5 Å². The highest BCUT2D eigenvalue weighted by molar-refractivity contribution is 7.89. The molecule has 6 heteroatoms. The molecule has 0 aliphatic rings. The van der Waals surface area contributed by atoms with Gasteiger partial charge in [0.05, 0.1) is 11.0 Å². The van der Waals surface area contributed by atoms with Crippen molar-refractivity contribution in [3.8, 4) is 5.75 Å². The second-order valence-electron chi connectivity index (χ2n) is 5.74. The zero-order valence-electron chi connectivity index (χ0n) is 14.3. The summed E-state index contributed by atoms with van der Waals surface area (Å²) in [5.74, 6) is 0.670. The summed E-state index contributed by atoms with van der Waals surface area (Å²) in [5.41, 5.74) is 1.07. The van der Waals surface area contributed by atoms with Crippen LogP contribution in [0.1, 0.15) is 26.3 Å². The summed E-state index contributed by atoms with van der Waals surface area (Å²) in [6, 6.07) is 10.4. The van der Waals surface area contributed by atoms with Gasteiger partial charge in [0.15, 0.2) is 0 Å².